The third-order valence-corrected chi connectivity index (χ3v) is 6.45. The monoisotopic (exact) mass is 296 g/mol. The highest BCUT2D eigenvalue weighted by Gasteiger charge is 2.39. The van der Waals surface area contributed by atoms with Crippen molar-refractivity contribution >= 4 is 16.9 Å². The van der Waals surface area contributed by atoms with E-state index in [1.807, 2.05) is 11.8 Å². The van der Waals surface area contributed by atoms with Crippen LogP contribution in [0.5, 0.6) is 0 Å². The zero-order valence-electron chi connectivity index (χ0n) is 13.9. The van der Waals surface area contributed by atoms with Crippen molar-refractivity contribution in [3.8, 4) is 0 Å². The molecule has 0 radical (unpaired) electrons. The molecule has 0 amide bonds. The van der Waals surface area contributed by atoms with Gasteiger partial charge in [0.15, 0.2) is 5.17 Å². The van der Waals surface area contributed by atoms with E-state index < -0.39 is 0 Å². The molecule has 116 valence electrons. The summed E-state index contributed by atoms with van der Waals surface area (Å²) in [5, 5.41) is 4.99. The van der Waals surface area contributed by atoms with Gasteiger partial charge >= 0.3 is 0 Å². The Hall–Kier alpha value is -0.180. The van der Waals surface area contributed by atoms with Crippen LogP contribution < -0.4 is 5.32 Å². The van der Waals surface area contributed by atoms with Crippen LogP contribution in [-0.4, -0.2) is 23.0 Å². The maximum Gasteiger partial charge on any atom is 0.157 e. The summed E-state index contributed by atoms with van der Waals surface area (Å²) in [6, 6.07) is 0. The average Bonchev–Trinajstić information content (AvgIpc) is 2.76. The van der Waals surface area contributed by atoms with E-state index in [4.69, 9.17) is 4.99 Å². The second kappa shape index (κ2) is 6.72. The van der Waals surface area contributed by atoms with Crippen molar-refractivity contribution < 1.29 is 0 Å². The Bertz CT molecular complexity index is 333. The Morgan fingerprint density at radius 2 is 1.80 bits per heavy atom. The van der Waals surface area contributed by atoms with Crippen LogP contribution in [0.3, 0.4) is 0 Å². The van der Waals surface area contributed by atoms with Gasteiger partial charge in [-0.3, -0.25) is 4.99 Å². The smallest absolute Gasteiger partial charge is 0.157 e. The molecule has 2 rings (SSSR count). The van der Waals surface area contributed by atoms with Gasteiger partial charge in [-0.15, -0.1) is 0 Å². The molecule has 1 aliphatic carbocycles. The van der Waals surface area contributed by atoms with Crippen LogP contribution in [0.25, 0.3) is 0 Å². The summed E-state index contributed by atoms with van der Waals surface area (Å²) in [6.45, 7) is 12.7. The summed E-state index contributed by atoms with van der Waals surface area (Å²) in [5.41, 5.74) is 0.376. The Morgan fingerprint density at radius 3 is 2.35 bits per heavy atom. The first kappa shape index (κ1) is 16.2. The normalized spacial score (nSPS) is 32.8. The molecular weight excluding hydrogens is 264 g/mol. The molecule has 2 aliphatic rings. The molecule has 0 aromatic carbocycles. The first-order chi connectivity index (χ1) is 9.42. The molecular formula is C17H32N2S. The lowest BCUT2D eigenvalue weighted by Crippen LogP contribution is -2.46. The predicted molar refractivity (Wildman–Crippen MR) is 91.4 cm³/mol. The van der Waals surface area contributed by atoms with E-state index >= 15 is 0 Å². The maximum atomic E-state index is 4.90. The van der Waals surface area contributed by atoms with E-state index in [9.17, 15) is 0 Å². The molecule has 1 saturated carbocycles. The summed E-state index contributed by atoms with van der Waals surface area (Å²) in [4.78, 5) is 4.90. The Balaban J connectivity index is 1.90. The molecule has 20 heavy (non-hydrogen) atoms. The second-order valence-electron chi connectivity index (χ2n) is 7.67. The summed E-state index contributed by atoms with van der Waals surface area (Å²) in [7, 11) is 0. The molecule has 2 fully saturated rings. The van der Waals surface area contributed by atoms with Gasteiger partial charge in [-0.1, -0.05) is 46.4 Å². The molecule has 1 saturated heterocycles. The maximum absolute atomic E-state index is 4.90. The van der Waals surface area contributed by atoms with Gasteiger partial charge < -0.3 is 5.32 Å². The number of amidine groups is 1. The number of nitrogens with one attached hydrogen (secondary N) is 1. The fraction of sp³-hybridized carbons (Fsp3) is 0.941. The topological polar surface area (TPSA) is 24.4 Å². The van der Waals surface area contributed by atoms with E-state index in [0.29, 0.717) is 11.5 Å². The van der Waals surface area contributed by atoms with Gasteiger partial charge in [-0.25, -0.2) is 0 Å². The number of nitrogens with zero attached hydrogens (tertiary/aromatic N) is 1. The number of thioether (sulfide) groups is 1. The molecule has 3 heteroatoms. The van der Waals surface area contributed by atoms with Crippen LogP contribution in [0, 0.1) is 23.7 Å². The zero-order chi connectivity index (χ0) is 14.8. The van der Waals surface area contributed by atoms with Crippen molar-refractivity contribution in [3.05, 3.63) is 0 Å². The first-order valence-electron chi connectivity index (χ1n) is 8.37. The van der Waals surface area contributed by atoms with E-state index in [2.05, 4.69) is 39.9 Å². The van der Waals surface area contributed by atoms with Gasteiger partial charge in [0.1, 0.15) is 0 Å². The minimum atomic E-state index is 0.376. The first-order valence-corrected chi connectivity index (χ1v) is 9.36. The highest BCUT2D eigenvalue weighted by Crippen LogP contribution is 2.38. The van der Waals surface area contributed by atoms with E-state index in [1.165, 1.54) is 36.6 Å². The van der Waals surface area contributed by atoms with Gasteiger partial charge in [0.2, 0.25) is 0 Å². The Kier molecular flexibility index (Phi) is 5.44. The fourth-order valence-corrected chi connectivity index (χ4v) is 4.78. The summed E-state index contributed by atoms with van der Waals surface area (Å²) >= 11 is 1.95. The van der Waals surface area contributed by atoms with E-state index in [1.54, 1.807) is 0 Å². The zero-order valence-corrected chi connectivity index (χ0v) is 14.7. The van der Waals surface area contributed by atoms with Gasteiger partial charge in [-0.05, 0) is 49.4 Å². The van der Waals surface area contributed by atoms with Crippen molar-refractivity contribution in [2.24, 2.45) is 28.7 Å². The predicted octanol–water partition coefficient (Wildman–Crippen LogP) is 4.56. The van der Waals surface area contributed by atoms with Crippen LogP contribution in [0.4, 0.5) is 0 Å². The van der Waals surface area contributed by atoms with E-state index in [0.717, 1.165) is 24.3 Å². The van der Waals surface area contributed by atoms with Crippen molar-refractivity contribution in [1.29, 1.82) is 0 Å². The minimum absolute atomic E-state index is 0.376. The van der Waals surface area contributed by atoms with E-state index in [-0.39, 0.29) is 0 Å². The van der Waals surface area contributed by atoms with Crippen LogP contribution in [0.1, 0.15) is 60.3 Å². The standard InChI is InChI=1S/C17H32N2S/c1-12(2)15(13(3)4)10-18-16-19-17(11-20-16)8-6-14(5)7-9-17/h12-15H,6-11H2,1-5H3,(H,18,19). The minimum Gasteiger partial charge on any atom is -0.359 e. The SMILES string of the molecule is CC1CCC2(CC1)CSC(=NCC(C(C)C)C(C)C)N2. The molecule has 0 aromatic rings. The second-order valence-corrected chi connectivity index (χ2v) is 8.64. The van der Waals surface area contributed by atoms with Crippen molar-refractivity contribution in [2.45, 2.75) is 65.8 Å². The number of hydrogen-bond donors (Lipinski definition) is 1. The molecule has 1 aliphatic heterocycles. The highest BCUT2D eigenvalue weighted by atomic mass is 32.2. The van der Waals surface area contributed by atoms with Crippen molar-refractivity contribution in [2.75, 3.05) is 12.3 Å². The average molecular weight is 297 g/mol. The molecule has 0 aromatic heterocycles. The van der Waals surface area contributed by atoms with Gasteiger partial charge in [-0.2, -0.15) is 0 Å². The number of hydrogen-bond acceptors (Lipinski definition) is 2. The Morgan fingerprint density at radius 1 is 1.20 bits per heavy atom. The van der Waals surface area contributed by atoms with Gasteiger partial charge in [0.25, 0.3) is 0 Å². The highest BCUT2D eigenvalue weighted by molar-refractivity contribution is 8.14. The lowest BCUT2D eigenvalue weighted by atomic mass is 9.78. The van der Waals surface area contributed by atoms with Crippen LogP contribution in [0.15, 0.2) is 4.99 Å². The summed E-state index contributed by atoms with van der Waals surface area (Å²) < 4.78 is 0. The molecule has 0 atom stereocenters. The quantitative estimate of drug-likeness (QED) is 0.822. The molecule has 0 bridgehead atoms. The van der Waals surface area contributed by atoms with Gasteiger partial charge in [0, 0.05) is 17.8 Å². The largest absolute Gasteiger partial charge is 0.359 e. The molecule has 2 nitrogen and oxygen atoms in total. The molecule has 1 N–H and O–H groups in total. The van der Waals surface area contributed by atoms with Crippen molar-refractivity contribution in [3.63, 3.8) is 0 Å². The van der Waals surface area contributed by atoms with Crippen LogP contribution >= 0.6 is 11.8 Å². The number of rotatable bonds is 4. The third-order valence-electron chi connectivity index (χ3n) is 5.25. The fourth-order valence-electron chi connectivity index (χ4n) is 3.55. The number of aliphatic imine (C=N–C) groups is 1. The van der Waals surface area contributed by atoms with Crippen LogP contribution in [-0.2, 0) is 0 Å². The molecule has 1 spiro atoms. The van der Waals surface area contributed by atoms with Crippen molar-refractivity contribution in [1.82, 2.24) is 5.32 Å². The van der Waals surface area contributed by atoms with Crippen LogP contribution in [0.2, 0.25) is 0 Å². The van der Waals surface area contributed by atoms with Gasteiger partial charge in [0.05, 0.1) is 0 Å². The third kappa shape index (κ3) is 3.93. The Labute approximate surface area is 129 Å². The molecule has 1 heterocycles. The lowest BCUT2D eigenvalue weighted by Gasteiger charge is -2.35. The lowest BCUT2D eigenvalue weighted by molar-refractivity contribution is 0.250. The summed E-state index contributed by atoms with van der Waals surface area (Å²) in [5.74, 6) is 4.28. The summed E-state index contributed by atoms with van der Waals surface area (Å²) in [6.07, 6.45) is 5.42. The molecule has 0 unspecified atom stereocenters.